The summed E-state index contributed by atoms with van der Waals surface area (Å²) in [5.41, 5.74) is 5.60. The van der Waals surface area contributed by atoms with Gasteiger partial charge in [0.25, 0.3) is 0 Å². The predicted octanol–water partition coefficient (Wildman–Crippen LogP) is 1.47. The lowest BCUT2D eigenvalue weighted by atomic mass is 9.99. The quantitative estimate of drug-likeness (QED) is 0.0916. The van der Waals surface area contributed by atoms with Gasteiger partial charge in [-0.3, -0.25) is 0 Å². The molecule has 1 aliphatic rings. The molecule has 10 heteroatoms. The fraction of sp³-hybridized carbons (Fsp3) is 1.00. The van der Waals surface area contributed by atoms with E-state index >= 15 is 0 Å². The molecule has 0 amide bonds. The van der Waals surface area contributed by atoms with Gasteiger partial charge in [-0.1, -0.05) is 83.5 Å². The Labute approximate surface area is 229 Å². The van der Waals surface area contributed by atoms with Crippen LogP contribution in [0.2, 0.25) is 0 Å². The molecular formula is C28H57NO9. The monoisotopic (exact) mass is 551 g/mol. The van der Waals surface area contributed by atoms with Gasteiger partial charge in [-0.15, -0.1) is 0 Å². The second kappa shape index (κ2) is 20.5. The first-order valence-electron chi connectivity index (χ1n) is 14.9. The summed E-state index contributed by atoms with van der Waals surface area (Å²) < 4.78 is 11.1. The molecule has 9 N–H and O–H groups in total. The summed E-state index contributed by atoms with van der Waals surface area (Å²) in [7, 11) is 0. The van der Waals surface area contributed by atoms with Crippen LogP contribution in [0.5, 0.6) is 0 Å². The van der Waals surface area contributed by atoms with Gasteiger partial charge in [0.05, 0.1) is 31.0 Å². The smallest absolute Gasteiger partial charge is 0.187 e. The number of aliphatic hydroxyl groups excluding tert-OH is 7. The van der Waals surface area contributed by atoms with Crippen molar-refractivity contribution < 1.29 is 45.2 Å². The van der Waals surface area contributed by atoms with Crippen molar-refractivity contribution in [1.82, 2.24) is 0 Å². The molecule has 0 spiro atoms. The van der Waals surface area contributed by atoms with E-state index in [4.69, 9.17) is 15.2 Å². The average Bonchev–Trinajstić information content (AvgIpc) is 2.89. The molecule has 0 radical (unpaired) electrons. The Bertz CT molecular complexity index is 566. The molecule has 0 aromatic carbocycles. The van der Waals surface area contributed by atoms with E-state index < -0.39 is 67.8 Å². The van der Waals surface area contributed by atoms with Crippen molar-refractivity contribution in [3.8, 4) is 0 Å². The third-order valence-corrected chi connectivity index (χ3v) is 7.62. The Hall–Kier alpha value is -0.400. The van der Waals surface area contributed by atoms with Gasteiger partial charge in [-0.05, 0) is 26.7 Å². The zero-order valence-corrected chi connectivity index (χ0v) is 23.6. The van der Waals surface area contributed by atoms with Crippen molar-refractivity contribution in [2.45, 2.75) is 171 Å². The molecule has 10 unspecified atom stereocenters. The molecule has 1 rings (SSSR count). The van der Waals surface area contributed by atoms with Crippen molar-refractivity contribution >= 4 is 0 Å². The van der Waals surface area contributed by atoms with Crippen molar-refractivity contribution in [2.75, 3.05) is 6.61 Å². The predicted molar refractivity (Wildman–Crippen MR) is 145 cm³/mol. The minimum absolute atomic E-state index is 0.403. The lowest BCUT2D eigenvalue weighted by molar-refractivity contribution is -0.317. The van der Waals surface area contributed by atoms with Gasteiger partial charge < -0.3 is 51.0 Å². The van der Waals surface area contributed by atoms with Crippen LogP contribution in [-0.2, 0) is 9.47 Å². The molecule has 1 saturated heterocycles. The Morgan fingerprint density at radius 2 is 1.13 bits per heavy atom. The lowest BCUT2D eigenvalue weighted by Crippen LogP contribution is -2.60. The molecular weight excluding hydrogens is 494 g/mol. The summed E-state index contributed by atoms with van der Waals surface area (Å²) in [4.78, 5) is 0. The fourth-order valence-corrected chi connectivity index (χ4v) is 4.94. The number of hydrogen-bond acceptors (Lipinski definition) is 10. The molecule has 0 aliphatic carbocycles. The van der Waals surface area contributed by atoms with Crippen LogP contribution in [0, 0.1) is 0 Å². The van der Waals surface area contributed by atoms with Crippen LogP contribution in [0.4, 0.5) is 0 Å². The molecule has 0 aromatic heterocycles. The van der Waals surface area contributed by atoms with Crippen molar-refractivity contribution in [2.24, 2.45) is 5.73 Å². The third-order valence-electron chi connectivity index (χ3n) is 7.62. The lowest BCUT2D eigenvalue weighted by Gasteiger charge is -2.41. The van der Waals surface area contributed by atoms with E-state index in [1.165, 1.54) is 44.9 Å². The molecule has 1 heterocycles. The highest BCUT2D eigenvalue weighted by Gasteiger charge is 2.45. The SMILES string of the molecule is CC(N)C(O)C(O)CCCCCCCCCCCCCCCC(OC1OC(CO)C(O)C(O)C1O)C(C)O. The molecule has 10 atom stereocenters. The zero-order valence-electron chi connectivity index (χ0n) is 23.6. The van der Waals surface area contributed by atoms with E-state index in [9.17, 15) is 35.7 Å². The Morgan fingerprint density at radius 1 is 0.684 bits per heavy atom. The van der Waals surface area contributed by atoms with Gasteiger partial charge in [0.15, 0.2) is 6.29 Å². The van der Waals surface area contributed by atoms with E-state index in [1.54, 1.807) is 13.8 Å². The molecule has 10 nitrogen and oxygen atoms in total. The van der Waals surface area contributed by atoms with Crippen molar-refractivity contribution in [3.63, 3.8) is 0 Å². The molecule has 0 saturated carbocycles. The van der Waals surface area contributed by atoms with Crippen LogP contribution in [0.25, 0.3) is 0 Å². The summed E-state index contributed by atoms with van der Waals surface area (Å²) >= 11 is 0. The second-order valence-corrected chi connectivity index (χ2v) is 11.2. The molecule has 0 bridgehead atoms. The zero-order chi connectivity index (χ0) is 28.5. The minimum Gasteiger partial charge on any atom is -0.394 e. The topological polar surface area (TPSA) is 186 Å². The van der Waals surface area contributed by atoms with Crippen molar-refractivity contribution in [1.29, 1.82) is 0 Å². The normalized spacial score (nSPS) is 28.1. The maximum atomic E-state index is 10.2. The van der Waals surface area contributed by atoms with Crippen LogP contribution in [0.1, 0.15) is 110 Å². The van der Waals surface area contributed by atoms with Crippen LogP contribution < -0.4 is 5.73 Å². The minimum atomic E-state index is -1.49. The highest BCUT2D eigenvalue weighted by atomic mass is 16.7. The number of aliphatic hydroxyl groups is 7. The highest BCUT2D eigenvalue weighted by Crippen LogP contribution is 2.25. The fourth-order valence-electron chi connectivity index (χ4n) is 4.94. The first-order valence-corrected chi connectivity index (χ1v) is 14.9. The maximum Gasteiger partial charge on any atom is 0.187 e. The molecule has 1 aliphatic heterocycles. The number of ether oxygens (including phenoxy) is 2. The first kappa shape index (κ1) is 35.6. The highest BCUT2D eigenvalue weighted by molar-refractivity contribution is 4.89. The molecule has 0 aromatic rings. The molecule has 1 fully saturated rings. The second-order valence-electron chi connectivity index (χ2n) is 11.2. The van der Waals surface area contributed by atoms with E-state index in [1.807, 2.05) is 0 Å². The van der Waals surface area contributed by atoms with Gasteiger partial charge in [0, 0.05) is 6.04 Å². The average molecular weight is 552 g/mol. The van der Waals surface area contributed by atoms with Crippen LogP contribution >= 0.6 is 0 Å². The van der Waals surface area contributed by atoms with E-state index in [0.717, 1.165) is 38.5 Å². The molecule has 38 heavy (non-hydrogen) atoms. The Kier molecular flexibility index (Phi) is 19.2. The molecule has 228 valence electrons. The summed E-state index contributed by atoms with van der Waals surface area (Å²) in [6.07, 6.45) is 6.29. The van der Waals surface area contributed by atoms with Gasteiger partial charge in [-0.2, -0.15) is 0 Å². The third kappa shape index (κ3) is 13.8. The van der Waals surface area contributed by atoms with Gasteiger partial charge in [0.2, 0.25) is 0 Å². The van der Waals surface area contributed by atoms with Gasteiger partial charge in [-0.25, -0.2) is 0 Å². The summed E-state index contributed by atoms with van der Waals surface area (Å²) in [5, 5.41) is 68.9. The summed E-state index contributed by atoms with van der Waals surface area (Å²) in [5.74, 6) is 0. The first-order chi connectivity index (χ1) is 18.1. The standard InChI is InChI=1S/C28H57NO9/c1-19(29)24(33)21(32)16-14-12-10-8-6-4-3-5-7-9-11-13-15-17-22(20(2)31)37-28-27(36)26(35)25(34)23(18-30)38-28/h19-28,30-36H,3-18,29H2,1-2H3. The Balaban J connectivity index is 2.03. The van der Waals surface area contributed by atoms with Crippen LogP contribution in [0.3, 0.4) is 0 Å². The van der Waals surface area contributed by atoms with E-state index in [0.29, 0.717) is 12.8 Å². The van der Waals surface area contributed by atoms with E-state index in [2.05, 4.69) is 0 Å². The van der Waals surface area contributed by atoms with Gasteiger partial charge >= 0.3 is 0 Å². The summed E-state index contributed by atoms with van der Waals surface area (Å²) in [6, 6.07) is -0.403. The van der Waals surface area contributed by atoms with Crippen LogP contribution in [-0.4, -0.2) is 104 Å². The Morgan fingerprint density at radius 3 is 1.55 bits per heavy atom. The number of unbranched alkanes of at least 4 members (excludes halogenated alkanes) is 12. The summed E-state index contributed by atoms with van der Waals surface area (Å²) in [6.45, 7) is 2.79. The largest absolute Gasteiger partial charge is 0.394 e. The number of hydrogen-bond donors (Lipinski definition) is 8. The van der Waals surface area contributed by atoms with Crippen molar-refractivity contribution in [3.05, 3.63) is 0 Å². The van der Waals surface area contributed by atoms with Crippen LogP contribution in [0.15, 0.2) is 0 Å². The van der Waals surface area contributed by atoms with E-state index in [-0.39, 0.29) is 0 Å². The van der Waals surface area contributed by atoms with Gasteiger partial charge in [0.1, 0.15) is 24.4 Å². The maximum absolute atomic E-state index is 10.2. The number of rotatable bonds is 22. The number of nitrogens with two attached hydrogens (primary N) is 1.